The summed E-state index contributed by atoms with van der Waals surface area (Å²) in [6, 6.07) is 0.0104. The quantitative estimate of drug-likeness (QED) is 0.597. The van der Waals surface area contributed by atoms with Crippen molar-refractivity contribution in [3.05, 3.63) is 11.9 Å². The maximum atomic E-state index is 10.8. The highest BCUT2D eigenvalue weighted by molar-refractivity contribution is 7.92. The normalized spacial score (nSPS) is 22.1. The number of sulfone groups is 1. The van der Waals surface area contributed by atoms with E-state index < -0.39 is 9.84 Å². The minimum Gasteiger partial charge on any atom is -0.247 e. The van der Waals surface area contributed by atoms with E-state index in [0.29, 0.717) is 0 Å². The minimum absolute atomic E-state index is 0.0104. The van der Waals surface area contributed by atoms with Crippen LogP contribution in [0.2, 0.25) is 0 Å². The molecule has 1 aliphatic rings. The van der Waals surface area contributed by atoms with Gasteiger partial charge >= 0.3 is 0 Å². The van der Waals surface area contributed by atoms with Gasteiger partial charge in [-0.3, -0.25) is 0 Å². The summed E-state index contributed by atoms with van der Waals surface area (Å²) in [5.41, 5.74) is 0.819. The standard InChI is InChI=1S/C6H9N3O2S/c1-5-2-9(8-7-5)6-3-12(10,11)4-6/h2,6H,3-4H2,1H3. The first kappa shape index (κ1) is 7.72. The Morgan fingerprint density at radius 1 is 1.58 bits per heavy atom. The van der Waals surface area contributed by atoms with Crippen LogP contribution in [0.1, 0.15) is 11.7 Å². The van der Waals surface area contributed by atoms with E-state index in [-0.39, 0.29) is 17.5 Å². The number of aromatic nitrogens is 3. The van der Waals surface area contributed by atoms with Crippen LogP contribution in [0.5, 0.6) is 0 Å². The Morgan fingerprint density at radius 3 is 2.67 bits per heavy atom. The monoisotopic (exact) mass is 187 g/mol. The van der Waals surface area contributed by atoms with Gasteiger partial charge in [-0.05, 0) is 6.92 Å². The van der Waals surface area contributed by atoms with Crippen molar-refractivity contribution in [2.45, 2.75) is 13.0 Å². The highest BCUT2D eigenvalue weighted by atomic mass is 32.2. The minimum atomic E-state index is -2.76. The molecule has 1 aromatic rings. The van der Waals surface area contributed by atoms with E-state index >= 15 is 0 Å². The summed E-state index contributed by atoms with van der Waals surface area (Å²) in [5.74, 6) is 0.408. The van der Waals surface area contributed by atoms with Gasteiger partial charge in [0.15, 0.2) is 9.84 Å². The maximum Gasteiger partial charge on any atom is 0.154 e. The lowest BCUT2D eigenvalue weighted by atomic mass is 10.4. The Morgan fingerprint density at radius 2 is 2.25 bits per heavy atom. The third-order valence-electron chi connectivity index (χ3n) is 1.89. The van der Waals surface area contributed by atoms with Crippen LogP contribution in [0.3, 0.4) is 0 Å². The van der Waals surface area contributed by atoms with Gasteiger partial charge in [-0.1, -0.05) is 5.21 Å². The van der Waals surface area contributed by atoms with Gasteiger partial charge in [-0.2, -0.15) is 0 Å². The molecule has 0 aromatic carbocycles. The zero-order valence-corrected chi connectivity index (χ0v) is 7.45. The molecule has 0 bridgehead atoms. The van der Waals surface area contributed by atoms with Crippen molar-refractivity contribution in [1.82, 2.24) is 15.0 Å². The van der Waals surface area contributed by atoms with Gasteiger partial charge < -0.3 is 0 Å². The second-order valence-electron chi connectivity index (χ2n) is 3.07. The van der Waals surface area contributed by atoms with Crippen molar-refractivity contribution >= 4 is 9.84 Å². The first-order chi connectivity index (χ1) is 5.57. The number of rotatable bonds is 1. The summed E-state index contributed by atoms with van der Waals surface area (Å²) < 4.78 is 23.3. The molecule has 1 aromatic heterocycles. The Labute approximate surface area is 70.3 Å². The Hall–Kier alpha value is -0.910. The maximum absolute atomic E-state index is 10.8. The van der Waals surface area contributed by atoms with Crippen molar-refractivity contribution in [2.24, 2.45) is 0 Å². The van der Waals surface area contributed by atoms with Crippen LogP contribution < -0.4 is 0 Å². The van der Waals surface area contributed by atoms with Crippen LogP contribution >= 0.6 is 0 Å². The predicted molar refractivity (Wildman–Crippen MR) is 42.4 cm³/mol. The fraction of sp³-hybridized carbons (Fsp3) is 0.667. The van der Waals surface area contributed by atoms with Gasteiger partial charge in [0.1, 0.15) is 0 Å². The molecule has 5 nitrogen and oxygen atoms in total. The topological polar surface area (TPSA) is 64.8 Å². The molecule has 0 unspecified atom stereocenters. The SMILES string of the molecule is Cc1cn(C2CS(=O)(=O)C2)nn1. The first-order valence-electron chi connectivity index (χ1n) is 3.66. The van der Waals surface area contributed by atoms with E-state index in [2.05, 4.69) is 10.3 Å². The second-order valence-corrected chi connectivity index (χ2v) is 5.22. The van der Waals surface area contributed by atoms with Crippen LogP contribution in [0.4, 0.5) is 0 Å². The third-order valence-corrected chi connectivity index (χ3v) is 3.68. The van der Waals surface area contributed by atoms with Crippen molar-refractivity contribution in [3.8, 4) is 0 Å². The van der Waals surface area contributed by atoms with Crippen LogP contribution in [0.25, 0.3) is 0 Å². The number of aryl methyl sites for hydroxylation is 1. The predicted octanol–water partition coefficient (Wildman–Crippen LogP) is -0.444. The van der Waals surface area contributed by atoms with Crippen LogP contribution in [-0.4, -0.2) is 34.9 Å². The zero-order valence-electron chi connectivity index (χ0n) is 6.64. The fourth-order valence-corrected chi connectivity index (χ4v) is 2.61. The van der Waals surface area contributed by atoms with Crippen molar-refractivity contribution in [2.75, 3.05) is 11.5 Å². The largest absolute Gasteiger partial charge is 0.247 e. The molecule has 0 atom stereocenters. The van der Waals surface area contributed by atoms with E-state index in [4.69, 9.17) is 0 Å². The molecule has 1 saturated heterocycles. The summed E-state index contributed by atoms with van der Waals surface area (Å²) >= 11 is 0. The van der Waals surface area contributed by atoms with Crippen LogP contribution in [-0.2, 0) is 9.84 Å². The van der Waals surface area contributed by atoms with Gasteiger partial charge in [-0.15, -0.1) is 5.10 Å². The average Bonchev–Trinajstić information content (AvgIpc) is 2.30. The highest BCUT2D eigenvalue weighted by Crippen LogP contribution is 2.22. The molecule has 0 aliphatic carbocycles. The summed E-state index contributed by atoms with van der Waals surface area (Å²) in [4.78, 5) is 0. The van der Waals surface area contributed by atoms with Gasteiger partial charge in [-0.25, -0.2) is 13.1 Å². The van der Waals surface area contributed by atoms with E-state index in [9.17, 15) is 8.42 Å². The molecule has 6 heteroatoms. The third kappa shape index (κ3) is 1.22. The summed E-state index contributed by atoms with van der Waals surface area (Å²) in [5, 5.41) is 7.59. The molecular formula is C6H9N3O2S. The lowest BCUT2D eigenvalue weighted by molar-refractivity contribution is 0.463. The lowest BCUT2D eigenvalue weighted by Crippen LogP contribution is -2.38. The zero-order chi connectivity index (χ0) is 8.77. The smallest absolute Gasteiger partial charge is 0.154 e. The average molecular weight is 187 g/mol. The van der Waals surface area contributed by atoms with Gasteiger partial charge in [0.2, 0.25) is 0 Å². The van der Waals surface area contributed by atoms with Crippen molar-refractivity contribution in [1.29, 1.82) is 0 Å². The molecule has 0 N–H and O–H groups in total. The second kappa shape index (κ2) is 2.29. The van der Waals surface area contributed by atoms with E-state index in [0.717, 1.165) is 5.69 Å². The molecule has 66 valence electrons. The van der Waals surface area contributed by atoms with Crippen LogP contribution in [0.15, 0.2) is 6.20 Å². The fourth-order valence-electron chi connectivity index (χ4n) is 1.23. The summed E-state index contributed by atoms with van der Waals surface area (Å²) in [7, 11) is -2.76. The number of hydrogen-bond acceptors (Lipinski definition) is 4. The lowest BCUT2D eigenvalue weighted by Gasteiger charge is -2.24. The van der Waals surface area contributed by atoms with Crippen molar-refractivity contribution < 1.29 is 8.42 Å². The molecule has 12 heavy (non-hydrogen) atoms. The van der Waals surface area contributed by atoms with Crippen LogP contribution in [0, 0.1) is 6.92 Å². The van der Waals surface area contributed by atoms with Gasteiger partial charge in [0.05, 0.1) is 23.2 Å². The summed E-state index contributed by atoms with van der Waals surface area (Å²) in [6.07, 6.45) is 1.76. The molecule has 1 aliphatic heterocycles. The molecule has 2 rings (SSSR count). The molecule has 0 amide bonds. The first-order valence-corrected chi connectivity index (χ1v) is 5.48. The van der Waals surface area contributed by atoms with Gasteiger partial charge in [0, 0.05) is 6.20 Å². The molecular weight excluding hydrogens is 178 g/mol. The number of nitrogens with zero attached hydrogens (tertiary/aromatic N) is 3. The highest BCUT2D eigenvalue weighted by Gasteiger charge is 2.35. The molecule has 0 saturated carbocycles. The van der Waals surface area contributed by atoms with E-state index in [1.165, 1.54) is 0 Å². The molecule has 2 heterocycles. The Bertz CT molecular complexity index is 383. The molecule has 0 spiro atoms. The summed E-state index contributed by atoms with van der Waals surface area (Å²) in [6.45, 7) is 1.83. The Balaban J connectivity index is 2.15. The molecule has 1 fully saturated rings. The van der Waals surface area contributed by atoms with E-state index in [1.54, 1.807) is 10.9 Å². The number of hydrogen-bond donors (Lipinski definition) is 0. The van der Waals surface area contributed by atoms with Gasteiger partial charge in [0.25, 0.3) is 0 Å². The van der Waals surface area contributed by atoms with E-state index in [1.807, 2.05) is 6.92 Å². The van der Waals surface area contributed by atoms with Crippen molar-refractivity contribution in [3.63, 3.8) is 0 Å². The molecule has 0 radical (unpaired) electrons. The Kier molecular flexibility index (Phi) is 1.47.